The summed E-state index contributed by atoms with van der Waals surface area (Å²) >= 11 is 1.36. The summed E-state index contributed by atoms with van der Waals surface area (Å²) in [5.41, 5.74) is 1.19. The van der Waals surface area contributed by atoms with Gasteiger partial charge in [0, 0.05) is 43.6 Å². The summed E-state index contributed by atoms with van der Waals surface area (Å²) in [6.45, 7) is 0. The van der Waals surface area contributed by atoms with Gasteiger partial charge in [0.05, 0.1) is 11.3 Å². The molecule has 1 saturated carbocycles. The van der Waals surface area contributed by atoms with E-state index >= 15 is 0 Å². The maximum atomic E-state index is 12.9. The van der Waals surface area contributed by atoms with Gasteiger partial charge in [-0.25, -0.2) is 0 Å². The van der Waals surface area contributed by atoms with Crippen molar-refractivity contribution >= 4 is 29.3 Å². The highest BCUT2D eigenvalue weighted by molar-refractivity contribution is 8.00. The quantitative estimate of drug-likeness (QED) is 0.747. The van der Waals surface area contributed by atoms with Crippen molar-refractivity contribution in [1.29, 1.82) is 0 Å². The summed E-state index contributed by atoms with van der Waals surface area (Å²) in [6, 6.07) is 12.8. The van der Waals surface area contributed by atoms with Gasteiger partial charge in [-0.15, -0.1) is 11.8 Å². The van der Waals surface area contributed by atoms with Crippen LogP contribution < -0.4 is 14.8 Å². The van der Waals surface area contributed by atoms with E-state index in [1.165, 1.54) is 11.8 Å². The second kappa shape index (κ2) is 7.99. The lowest BCUT2D eigenvalue weighted by molar-refractivity contribution is -0.125. The highest BCUT2D eigenvalue weighted by Gasteiger charge is 2.44. The average molecular weight is 413 g/mol. The molecule has 2 aliphatic rings. The van der Waals surface area contributed by atoms with Crippen LogP contribution in [0.2, 0.25) is 0 Å². The number of carbonyl (C=O) groups is 2. The normalized spacial score (nSPS) is 16.1. The van der Waals surface area contributed by atoms with Gasteiger partial charge in [-0.05, 0) is 37.1 Å². The molecule has 1 fully saturated rings. The molecule has 2 amide bonds. The predicted octanol–water partition coefficient (Wildman–Crippen LogP) is 4.16. The van der Waals surface area contributed by atoms with Crippen LogP contribution in [0.3, 0.4) is 0 Å². The van der Waals surface area contributed by atoms with E-state index in [0.29, 0.717) is 17.0 Å². The van der Waals surface area contributed by atoms with Gasteiger partial charge >= 0.3 is 0 Å². The number of hydrogen-bond donors (Lipinski definition) is 1. The monoisotopic (exact) mass is 412 g/mol. The second-order valence-electron chi connectivity index (χ2n) is 7.51. The zero-order valence-corrected chi connectivity index (χ0v) is 17.4. The van der Waals surface area contributed by atoms with Crippen LogP contribution in [0.25, 0.3) is 0 Å². The zero-order valence-electron chi connectivity index (χ0n) is 16.6. The number of rotatable bonds is 5. The Labute approximate surface area is 174 Å². The summed E-state index contributed by atoms with van der Waals surface area (Å²) in [5.74, 6) is 0.935. The van der Waals surface area contributed by atoms with Crippen LogP contribution in [0.1, 0.15) is 36.0 Å². The Morgan fingerprint density at radius 1 is 1.07 bits per heavy atom. The minimum absolute atomic E-state index is 0.00169. The molecule has 0 aromatic heterocycles. The van der Waals surface area contributed by atoms with Gasteiger partial charge in [0.1, 0.15) is 0 Å². The summed E-state index contributed by atoms with van der Waals surface area (Å²) in [6.07, 6.45) is 3.98. The highest BCUT2D eigenvalue weighted by Crippen LogP contribution is 2.47. The Kier molecular flexibility index (Phi) is 5.41. The standard InChI is InChI=1S/C22H24N2O4S/c1-24(2)20(25)14-29-19-8-4-3-7-16(19)21(26)23-15-9-10-17-18(13-15)28-22(27-17)11-5-6-12-22/h3-4,7-10,13H,5-6,11-12,14H2,1-2H3,(H,23,26). The van der Waals surface area contributed by atoms with Crippen LogP contribution in [0.5, 0.6) is 11.5 Å². The summed E-state index contributed by atoms with van der Waals surface area (Å²) in [7, 11) is 3.44. The van der Waals surface area contributed by atoms with Gasteiger partial charge in [-0.1, -0.05) is 12.1 Å². The fourth-order valence-corrected chi connectivity index (χ4v) is 4.56. The van der Waals surface area contributed by atoms with Crippen LogP contribution in [0.4, 0.5) is 5.69 Å². The number of nitrogens with one attached hydrogen (secondary N) is 1. The fourth-order valence-electron chi connectivity index (χ4n) is 3.54. The molecule has 0 bridgehead atoms. The lowest BCUT2D eigenvalue weighted by Gasteiger charge is -2.21. The first kappa shape index (κ1) is 19.6. The minimum atomic E-state index is -0.521. The number of nitrogens with zero attached hydrogens (tertiary/aromatic N) is 1. The van der Waals surface area contributed by atoms with Crippen molar-refractivity contribution in [3.8, 4) is 11.5 Å². The number of hydrogen-bond acceptors (Lipinski definition) is 5. The van der Waals surface area contributed by atoms with E-state index in [1.54, 1.807) is 25.1 Å². The van der Waals surface area contributed by atoms with Gasteiger partial charge in [-0.3, -0.25) is 9.59 Å². The average Bonchev–Trinajstić information content (AvgIpc) is 3.31. The lowest BCUT2D eigenvalue weighted by atomic mass is 10.2. The minimum Gasteiger partial charge on any atom is -0.448 e. The van der Waals surface area contributed by atoms with Gasteiger partial charge in [-0.2, -0.15) is 0 Å². The number of benzene rings is 2. The topological polar surface area (TPSA) is 67.9 Å². The van der Waals surface area contributed by atoms with E-state index in [2.05, 4.69) is 5.32 Å². The van der Waals surface area contributed by atoms with Crippen molar-refractivity contribution in [2.75, 3.05) is 25.2 Å². The maximum absolute atomic E-state index is 12.9. The number of anilines is 1. The van der Waals surface area contributed by atoms with E-state index in [1.807, 2.05) is 36.4 Å². The molecule has 7 heteroatoms. The smallest absolute Gasteiger partial charge is 0.256 e. The van der Waals surface area contributed by atoms with Crippen molar-refractivity contribution in [1.82, 2.24) is 4.90 Å². The molecule has 6 nitrogen and oxygen atoms in total. The summed E-state index contributed by atoms with van der Waals surface area (Å²) in [4.78, 5) is 27.1. The van der Waals surface area contributed by atoms with Gasteiger partial charge < -0.3 is 19.7 Å². The third kappa shape index (κ3) is 4.19. The van der Waals surface area contributed by atoms with Gasteiger partial charge in [0.15, 0.2) is 11.5 Å². The van der Waals surface area contributed by atoms with Crippen LogP contribution in [-0.4, -0.2) is 42.3 Å². The molecule has 0 atom stereocenters. The Morgan fingerprint density at radius 3 is 2.55 bits per heavy atom. The van der Waals surface area contributed by atoms with E-state index in [9.17, 15) is 9.59 Å². The first-order valence-corrected chi connectivity index (χ1v) is 10.7. The molecular formula is C22H24N2O4S. The van der Waals surface area contributed by atoms with Crippen LogP contribution in [-0.2, 0) is 4.79 Å². The maximum Gasteiger partial charge on any atom is 0.256 e. The first-order chi connectivity index (χ1) is 14.0. The summed E-state index contributed by atoms with van der Waals surface area (Å²) in [5, 5.41) is 2.93. The van der Waals surface area contributed by atoms with Crippen molar-refractivity contribution in [3.05, 3.63) is 48.0 Å². The first-order valence-electron chi connectivity index (χ1n) is 9.71. The Bertz CT molecular complexity index is 938. The van der Waals surface area contributed by atoms with Crippen molar-refractivity contribution in [2.24, 2.45) is 0 Å². The lowest BCUT2D eigenvalue weighted by Crippen LogP contribution is -2.34. The number of carbonyl (C=O) groups excluding carboxylic acids is 2. The Hall–Kier alpha value is -2.67. The van der Waals surface area contributed by atoms with Crippen molar-refractivity contribution < 1.29 is 19.1 Å². The Morgan fingerprint density at radius 2 is 1.79 bits per heavy atom. The van der Waals surface area contributed by atoms with E-state index < -0.39 is 5.79 Å². The molecule has 0 radical (unpaired) electrons. The van der Waals surface area contributed by atoms with Crippen molar-refractivity contribution in [3.63, 3.8) is 0 Å². The second-order valence-corrected chi connectivity index (χ2v) is 8.53. The van der Waals surface area contributed by atoms with E-state index in [0.717, 1.165) is 36.3 Å². The molecule has 1 heterocycles. The molecule has 1 N–H and O–H groups in total. The highest BCUT2D eigenvalue weighted by atomic mass is 32.2. The molecule has 2 aromatic rings. The van der Waals surface area contributed by atoms with E-state index in [4.69, 9.17) is 9.47 Å². The number of ether oxygens (including phenoxy) is 2. The molecule has 1 aliphatic heterocycles. The SMILES string of the molecule is CN(C)C(=O)CSc1ccccc1C(=O)Nc1ccc2c(c1)OC1(CCCC1)O2. The zero-order chi connectivity index (χ0) is 20.4. The number of fused-ring (bicyclic) bond motifs is 1. The third-order valence-corrected chi connectivity index (χ3v) is 6.20. The van der Waals surface area contributed by atoms with Crippen LogP contribution in [0, 0.1) is 0 Å². The molecule has 0 unspecified atom stereocenters. The molecule has 1 spiro atoms. The van der Waals surface area contributed by atoms with Crippen LogP contribution >= 0.6 is 11.8 Å². The van der Waals surface area contributed by atoms with E-state index in [-0.39, 0.29) is 17.6 Å². The molecule has 1 aliphatic carbocycles. The number of thioether (sulfide) groups is 1. The third-order valence-electron chi connectivity index (χ3n) is 5.14. The summed E-state index contributed by atoms with van der Waals surface area (Å²) < 4.78 is 12.1. The largest absolute Gasteiger partial charge is 0.448 e. The molecule has 152 valence electrons. The molecule has 29 heavy (non-hydrogen) atoms. The van der Waals surface area contributed by atoms with Crippen LogP contribution in [0.15, 0.2) is 47.4 Å². The molecule has 0 saturated heterocycles. The molecular weight excluding hydrogens is 388 g/mol. The Balaban J connectivity index is 1.46. The fraction of sp³-hybridized carbons (Fsp3) is 0.364. The number of amides is 2. The molecule has 2 aromatic carbocycles. The predicted molar refractivity (Wildman–Crippen MR) is 113 cm³/mol. The molecule has 4 rings (SSSR count). The van der Waals surface area contributed by atoms with Gasteiger partial charge in [0.25, 0.3) is 11.7 Å². The van der Waals surface area contributed by atoms with Crippen molar-refractivity contribution in [2.45, 2.75) is 36.4 Å². The van der Waals surface area contributed by atoms with Gasteiger partial charge in [0.2, 0.25) is 5.91 Å².